The molecular formula is C15H15N4O2+. The summed E-state index contributed by atoms with van der Waals surface area (Å²) in [7, 11) is 0. The predicted octanol–water partition coefficient (Wildman–Crippen LogP) is 0.919. The van der Waals surface area contributed by atoms with Gasteiger partial charge in [0.25, 0.3) is 11.7 Å². The summed E-state index contributed by atoms with van der Waals surface area (Å²) in [6, 6.07) is 11.5. The van der Waals surface area contributed by atoms with Crippen molar-refractivity contribution in [2.45, 2.75) is 12.5 Å². The van der Waals surface area contributed by atoms with E-state index in [0.29, 0.717) is 24.6 Å². The number of nitrogens with zero attached hydrogens (tertiary/aromatic N) is 1. The number of anilines is 2. The van der Waals surface area contributed by atoms with Crippen molar-refractivity contribution in [2.75, 3.05) is 18.1 Å². The van der Waals surface area contributed by atoms with Crippen LogP contribution in [-0.4, -0.2) is 12.7 Å². The Morgan fingerprint density at radius 2 is 2.10 bits per heavy atom. The van der Waals surface area contributed by atoms with Crippen LogP contribution in [0.3, 0.4) is 0 Å². The van der Waals surface area contributed by atoms with Gasteiger partial charge in [-0.1, -0.05) is 18.2 Å². The lowest BCUT2D eigenvalue weighted by molar-refractivity contribution is -0.377. The molecule has 0 saturated carbocycles. The normalized spacial score (nSPS) is 15.9. The summed E-state index contributed by atoms with van der Waals surface area (Å²) in [5.41, 5.74) is 13.1. The molecule has 0 bridgehead atoms. The van der Waals surface area contributed by atoms with Crippen molar-refractivity contribution in [3.63, 3.8) is 0 Å². The average Bonchev–Trinajstić information content (AvgIpc) is 2.90. The summed E-state index contributed by atoms with van der Waals surface area (Å²) in [4.78, 5) is 2.87. The second kappa shape index (κ2) is 5.21. The summed E-state index contributed by atoms with van der Waals surface area (Å²) in [5, 5.41) is 9.05. The van der Waals surface area contributed by atoms with Gasteiger partial charge in [-0.15, -0.1) is 0 Å². The Kier molecular flexibility index (Phi) is 3.24. The van der Waals surface area contributed by atoms with E-state index in [1.54, 1.807) is 0 Å². The minimum Gasteiger partial charge on any atom is -0.490 e. The SMILES string of the molecule is N#Cc1c(N)[nH+]c2c(c1N)C[C@H](COc1ccccc1)O2. The Bertz CT molecular complexity index is 710. The van der Waals surface area contributed by atoms with Gasteiger partial charge in [0.15, 0.2) is 5.56 Å². The summed E-state index contributed by atoms with van der Waals surface area (Å²) >= 11 is 0. The first-order chi connectivity index (χ1) is 10.2. The van der Waals surface area contributed by atoms with Gasteiger partial charge in [-0.2, -0.15) is 5.26 Å². The van der Waals surface area contributed by atoms with Gasteiger partial charge >= 0.3 is 0 Å². The van der Waals surface area contributed by atoms with E-state index in [1.165, 1.54) is 0 Å². The molecule has 106 valence electrons. The van der Waals surface area contributed by atoms with E-state index in [-0.39, 0.29) is 17.5 Å². The highest BCUT2D eigenvalue weighted by atomic mass is 16.5. The monoisotopic (exact) mass is 283 g/mol. The quantitative estimate of drug-likeness (QED) is 0.870. The van der Waals surface area contributed by atoms with Gasteiger partial charge in [0, 0.05) is 6.42 Å². The van der Waals surface area contributed by atoms with E-state index >= 15 is 0 Å². The van der Waals surface area contributed by atoms with Crippen LogP contribution in [0.4, 0.5) is 11.5 Å². The molecular weight excluding hydrogens is 268 g/mol. The maximum Gasteiger partial charge on any atom is 0.293 e. The number of aromatic nitrogens is 1. The molecule has 0 amide bonds. The van der Waals surface area contributed by atoms with Gasteiger partial charge in [-0.3, -0.25) is 5.73 Å². The number of benzene rings is 1. The van der Waals surface area contributed by atoms with E-state index < -0.39 is 0 Å². The third-order valence-electron chi connectivity index (χ3n) is 3.39. The van der Waals surface area contributed by atoms with Crippen molar-refractivity contribution in [1.82, 2.24) is 0 Å². The summed E-state index contributed by atoms with van der Waals surface area (Å²) in [5.74, 6) is 1.52. The molecule has 0 spiro atoms. The molecule has 1 aromatic heterocycles. The number of fused-ring (bicyclic) bond motifs is 1. The molecule has 6 heteroatoms. The van der Waals surface area contributed by atoms with Gasteiger partial charge in [0.2, 0.25) is 0 Å². The maximum absolute atomic E-state index is 9.05. The fraction of sp³-hybridized carbons (Fsp3) is 0.200. The molecule has 1 atom stereocenters. The van der Waals surface area contributed by atoms with Gasteiger partial charge in [0.05, 0.1) is 11.3 Å². The second-order valence-electron chi connectivity index (χ2n) is 4.81. The number of hydrogen-bond acceptors (Lipinski definition) is 5. The molecule has 0 fully saturated rings. The fourth-order valence-electron chi connectivity index (χ4n) is 2.34. The van der Waals surface area contributed by atoms with E-state index in [1.807, 2.05) is 36.4 Å². The molecule has 1 aliphatic heterocycles. The van der Waals surface area contributed by atoms with Crippen LogP contribution in [0.15, 0.2) is 30.3 Å². The smallest absolute Gasteiger partial charge is 0.293 e. The molecule has 5 N–H and O–H groups in total. The van der Waals surface area contributed by atoms with Crippen LogP contribution in [0.2, 0.25) is 0 Å². The van der Waals surface area contributed by atoms with Crippen molar-refractivity contribution >= 4 is 11.5 Å². The highest BCUT2D eigenvalue weighted by Crippen LogP contribution is 2.33. The number of nitrogens with two attached hydrogens (primary N) is 2. The highest BCUT2D eigenvalue weighted by molar-refractivity contribution is 5.68. The van der Waals surface area contributed by atoms with Crippen molar-refractivity contribution < 1.29 is 14.5 Å². The van der Waals surface area contributed by atoms with Crippen LogP contribution in [0.1, 0.15) is 11.1 Å². The van der Waals surface area contributed by atoms with Crippen molar-refractivity contribution in [2.24, 2.45) is 0 Å². The second-order valence-corrected chi connectivity index (χ2v) is 4.81. The number of pyridine rings is 1. The molecule has 3 rings (SSSR count). The third kappa shape index (κ3) is 2.41. The van der Waals surface area contributed by atoms with Crippen LogP contribution in [0.25, 0.3) is 0 Å². The van der Waals surface area contributed by atoms with E-state index in [4.69, 9.17) is 26.2 Å². The minimum atomic E-state index is -0.160. The zero-order valence-corrected chi connectivity index (χ0v) is 11.3. The number of para-hydroxylation sites is 1. The lowest BCUT2D eigenvalue weighted by Crippen LogP contribution is -2.24. The lowest BCUT2D eigenvalue weighted by Gasteiger charge is -2.11. The van der Waals surface area contributed by atoms with Crippen molar-refractivity contribution in [3.8, 4) is 17.7 Å². The number of rotatable bonds is 3. The first-order valence-corrected chi connectivity index (χ1v) is 6.56. The van der Waals surface area contributed by atoms with E-state index in [9.17, 15) is 0 Å². The predicted molar refractivity (Wildman–Crippen MR) is 76.6 cm³/mol. The number of nitriles is 1. The van der Waals surface area contributed by atoms with Crippen LogP contribution in [-0.2, 0) is 6.42 Å². The van der Waals surface area contributed by atoms with E-state index in [2.05, 4.69) is 4.98 Å². The molecule has 2 heterocycles. The number of H-pyrrole nitrogens is 1. The van der Waals surface area contributed by atoms with Crippen LogP contribution in [0.5, 0.6) is 11.6 Å². The van der Waals surface area contributed by atoms with Gasteiger partial charge in [-0.05, 0) is 12.1 Å². The molecule has 0 aliphatic carbocycles. The number of aromatic amines is 1. The Balaban J connectivity index is 1.73. The fourth-order valence-corrected chi connectivity index (χ4v) is 2.34. The van der Waals surface area contributed by atoms with Gasteiger partial charge < -0.3 is 15.2 Å². The molecule has 1 aliphatic rings. The topological polar surface area (TPSA) is 108 Å². The summed E-state index contributed by atoms with van der Waals surface area (Å²) < 4.78 is 11.4. The third-order valence-corrected chi connectivity index (χ3v) is 3.39. The molecule has 0 radical (unpaired) electrons. The van der Waals surface area contributed by atoms with Crippen LogP contribution >= 0.6 is 0 Å². The Morgan fingerprint density at radius 1 is 1.33 bits per heavy atom. The Hall–Kier alpha value is -2.94. The first-order valence-electron chi connectivity index (χ1n) is 6.56. The van der Waals surface area contributed by atoms with Crippen LogP contribution in [0, 0.1) is 11.3 Å². The molecule has 1 aromatic carbocycles. The van der Waals surface area contributed by atoms with Crippen LogP contribution < -0.4 is 25.9 Å². The zero-order valence-electron chi connectivity index (χ0n) is 11.3. The molecule has 0 unspecified atom stereocenters. The number of hydrogen-bond donors (Lipinski definition) is 2. The van der Waals surface area contributed by atoms with Crippen molar-refractivity contribution in [3.05, 3.63) is 41.5 Å². The average molecular weight is 283 g/mol. The van der Waals surface area contributed by atoms with Gasteiger partial charge in [0.1, 0.15) is 24.5 Å². The molecule has 6 nitrogen and oxygen atoms in total. The molecule has 2 aromatic rings. The largest absolute Gasteiger partial charge is 0.490 e. The number of ether oxygens (including phenoxy) is 2. The maximum atomic E-state index is 9.05. The Morgan fingerprint density at radius 3 is 2.81 bits per heavy atom. The molecule has 0 saturated heterocycles. The summed E-state index contributed by atoms with van der Waals surface area (Å²) in [6.45, 7) is 0.397. The van der Waals surface area contributed by atoms with E-state index in [0.717, 1.165) is 11.3 Å². The van der Waals surface area contributed by atoms with Gasteiger partial charge in [-0.25, -0.2) is 4.98 Å². The minimum absolute atomic E-state index is 0.160. The van der Waals surface area contributed by atoms with Crippen molar-refractivity contribution in [1.29, 1.82) is 5.26 Å². The number of nitrogen functional groups attached to an aromatic ring is 2. The summed E-state index contributed by atoms with van der Waals surface area (Å²) in [6.07, 6.45) is 0.423. The number of nitrogens with one attached hydrogen (secondary N) is 1. The zero-order chi connectivity index (χ0) is 14.8. The first kappa shape index (κ1) is 13.1. The Labute approximate surface area is 121 Å². The highest BCUT2D eigenvalue weighted by Gasteiger charge is 2.32. The molecule has 21 heavy (non-hydrogen) atoms. The standard InChI is InChI=1S/C15H14N4O2/c16-7-12-13(17)11-6-10(21-15(11)19-14(12)18)8-20-9-4-2-1-3-5-9/h1-5,10H,6,8H2,(H4,17,18,19)/p+1/t10-/m1/s1. The lowest BCUT2D eigenvalue weighted by atomic mass is 10.1.